The molecule has 2 saturated heterocycles. The van der Waals surface area contributed by atoms with Crippen molar-refractivity contribution >= 4 is 34.7 Å². The van der Waals surface area contributed by atoms with E-state index in [0.717, 1.165) is 56.5 Å². The number of nitrogens with one attached hydrogen (secondary N) is 1. The molecule has 2 aromatic rings. The van der Waals surface area contributed by atoms with Crippen molar-refractivity contribution in [1.82, 2.24) is 0 Å². The highest BCUT2D eigenvalue weighted by Gasteiger charge is 2.19. The number of hydrogen-bond donors (Lipinski definition) is 1. The van der Waals surface area contributed by atoms with Crippen LogP contribution >= 0.6 is 11.8 Å². The summed E-state index contributed by atoms with van der Waals surface area (Å²) in [6.07, 6.45) is 0.312. The van der Waals surface area contributed by atoms with Crippen LogP contribution in [0.4, 0.5) is 21.5 Å². The van der Waals surface area contributed by atoms with Gasteiger partial charge in [0.2, 0.25) is 5.91 Å². The van der Waals surface area contributed by atoms with Gasteiger partial charge in [-0.1, -0.05) is 12.1 Å². The first-order valence-electron chi connectivity index (χ1n) is 10.7. The number of rotatable bonds is 7. The van der Waals surface area contributed by atoms with Gasteiger partial charge in [0.15, 0.2) is 0 Å². The van der Waals surface area contributed by atoms with E-state index in [-0.39, 0.29) is 11.7 Å². The summed E-state index contributed by atoms with van der Waals surface area (Å²) >= 11 is 1.36. The average molecular weight is 446 g/mol. The molecule has 0 bridgehead atoms. The molecule has 2 aromatic carbocycles. The van der Waals surface area contributed by atoms with Crippen LogP contribution in [0.25, 0.3) is 0 Å². The van der Waals surface area contributed by atoms with E-state index in [2.05, 4.69) is 27.2 Å². The lowest BCUT2D eigenvalue weighted by atomic mass is 10.1. The number of morpholine rings is 2. The van der Waals surface area contributed by atoms with Crippen molar-refractivity contribution in [2.24, 2.45) is 0 Å². The Balaban J connectivity index is 1.43. The van der Waals surface area contributed by atoms with E-state index < -0.39 is 0 Å². The third-order valence-corrected chi connectivity index (χ3v) is 6.46. The fraction of sp³-hybridized carbons (Fsp3) is 0.435. The molecule has 2 aliphatic heterocycles. The van der Waals surface area contributed by atoms with Crippen LogP contribution in [0.15, 0.2) is 47.4 Å². The number of halogens is 1. The van der Waals surface area contributed by atoms with Crippen LogP contribution in [-0.4, -0.2) is 64.3 Å². The van der Waals surface area contributed by atoms with E-state index in [4.69, 9.17) is 9.47 Å². The summed E-state index contributed by atoms with van der Waals surface area (Å²) in [5.41, 5.74) is 2.96. The van der Waals surface area contributed by atoms with Gasteiger partial charge in [0.05, 0.1) is 37.8 Å². The maximum absolute atomic E-state index is 13.8. The molecule has 0 spiro atoms. The second-order valence-electron chi connectivity index (χ2n) is 7.48. The highest BCUT2D eigenvalue weighted by molar-refractivity contribution is 7.99. The molecular formula is C23H28FN3O3S. The van der Waals surface area contributed by atoms with Gasteiger partial charge >= 0.3 is 0 Å². The Kier molecular flexibility index (Phi) is 7.66. The van der Waals surface area contributed by atoms with Gasteiger partial charge in [-0.05, 0) is 30.3 Å². The van der Waals surface area contributed by atoms with Crippen molar-refractivity contribution in [1.29, 1.82) is 0 Å². The zero-order chi connectivity index (χ0) is 21.5. The highest BCUT2D eigenvalue weighted by Crippen LogP contribution is 2.32. The number of carbonyl (C=O) groups excluding carboxylic acids is 1. The lowest BCUT2D eigenvalue weighted by molar-refractivity contribution is -0.115. The monoisotopic (exact) mass is 445 g/mol. The van der Waals surface area contributed by atoms with Crippen molar-refractivity contribution in [2.45, 2.75) is 11.3 Å². The molecule has 1 amide bonds. The normalized spacial score (nSPS) is 16.9. The minimum absolute atomic E-state index is 0.0718. The summed E-state index contributed by atoms with van der Waals surface area (Å²) in [5.74, 6) is 0.199. The zero-order valence-electron chi connectivity index (χ0n) is 17.5. The Labute approximate surface area is 186 Å². The van der Waals surface area contributed by atoms with Gasteiger partial charge in [-0.3, -0.25) is 4.79 Å². The number of ether oxygens (including phenoxy) is 2. The summed E-state index contributed by atoms with van der Waals surface area (Å²) in [4.78, 5) is 17.8. The molecule has 8 heteroatoms. The van der Waals surface area contributed by atoms with Gasteiger partial charge in [-0.15, -0.1) is 11.8 Å². The third-order valence-electron chi connectivity index (χ3n) is 5.41. The molecule has 0 atom stereocenters. The molecule has 0 aliphatic carbocycles. The van der Waals surface area contributed by atoms with Gasteiger partial charge in [0.1, 0.15) is 5.82 Å². The molecule has 31 heavy (non-hydrogen) atoms. The van der Waals surface area contributed by atoms with E-state index in [1.807, 2.05) is 6.07 Å². The fourth-order valence-corrected chi connectivity index (χ4v) is 4.63. The van der Waals surface area contributed by atoms with Gasteiger partial charge in [-0.25, -0.2) is 4.39 Å². The van der Waals surface area contributed by atoms with Crippen molar-refractivity contribution in [3.8, 4) is 0 Å². The van der Waals surface area contributed by atoms with Gasteiger partial charge in [0.25, 0.3) is 0 Å². The topological polar surface area (TPSA) is 54.0 Å². The molecule has 0 saturated carbocycles. The van der Waals surface area contributed by atoms with Gasteiger partial charge in [-0.2, -0.15) is 0 Å². The lowest BCUT2D eigenvalue weighted by Crippen LogP contribution is -2.38. The van der Waals surface area contributed by atoms with Crippen molar-refractivity contribution in [2.75, 3.05) is 73.5 Å². The van der Waals surface area contributed by atoms with Crippen LogP contribution in [0, 0.1) is 5.82 Å². The number of anilines is 3. The number of nitrogens with zero attached hydrogens (tertiary/aromatic N) is 2. The maximum Gasteiger partial charge on any atom is 0.225 e. The molecule has 0 aromatic heterocycles. The number of hydrogen-bond acceptors (Lipinski definition) is 6. The Morgan fingerprint density at radius 3 is 2.35 bits per heavy atom. The molecule has 166 valence electrons. The number of amides is 1. The second-order valence-corrected chi connectivity index (χ2v) is 8.61. The second kappa shape index (κ2) is 10.8. The van der Waals surface area contributed by atoms with E-state index in [1.165, 1.54) is 17.8 Å². The Bertz CT molecular complexity index is 886. The summed E-state index contributed by atoms with van der Waals surface area (Å²) in [7, 11) is 0. The molecule has 2 fully saturated rings. The lowest BCUT2D eigenvalue weighted by Gasteiger charge is -2.33. The van der Waals surface area contributed by atoms with Crippen LogP contribution in [0.5, 0.6) is 0 Å². The zero-order valence-corrected chi connectivity index (χ0v) is 18.3. The van der Waals surface area contributed by atoms with E-state index in [9.17, 15) is 9.18 Å². The van der Waals surface area contributed by atoms with Crippen molar-refractivity contribution in [3.05, 3.63) is 48.3 Å². The largest absolute Gasteiger partial charge is 0.378 e. The minimum Gasteiger partial charge on any atom is -0.378 e. The summed E-state index contributed by atoms with van der Waals surface area (Å²) in [5, 5.41) is 3.07. The smallest absolute Gasteiger partial charge is 0.225 e. The van der Waals surface area contributed by atoms with Crippen LogP contribution < -0.4 is 15.1 Å². The van der Waals surface area contributed by atoms with Crippen LogP contribution in [0.2, 0.25) is 0 Å². The molecular weight excluding hydrogens is 417 g/mol. The number of carbonyl (C=O) groups is 1. The first kappa shape index (κ1) is 21.9. The van der Waals surface area contributed by atoms with E-state index in [0.29, 0.717) is 30.3 Å². The Morgan fingerprint density at radius 1 is 0.968 bits per heavy atom. The van der Waals surface area contributed by atoms with Crippen molar-refractivity contribution in [3.63, 3.8) is 0 Å². The molecule has 2 heterocycles. The average Bonchev–Trinajstić information content (AvgIpc) is 2.82. The quantitative estimate of drug-likeness (QED) is 0.657. The molecule has 0 unspecified atom stereocenters. The summed E-state index contributed by atoms with van der Waals surface area (Å²) < 4.78 is 24.7. The van der Waals surface area contributed by atoms with Crippen LogP contribution in [0.3, 0.4) is 0 Å². The molecule has 6 nitrogen and oxygen atoms in total. The Hall–Kier alpha value is -2.29. The number of benzene rings is 2. The van der Waals surface area contributed by atoms with Crippen LogP contribution in [-0.2, 0) is 14.3 Å². The maximum atomic E-state index is 13.8. The standard InChI is InChI=1S/C23H28FN3O3S/c24-19-3-1-2-4-22(19)31-16-7-23(28)25-20-6-5-18(26-8-12-29-13-9-26)17-21(20)27-10-14-30-15-11-27/h1-6,17H,7-16H2,(H,25,28). The van der Waals surface area contributed by atoms with E-state index in [1.54, 1.807) is 18.2 Å². The van der Waals surface area contributed by atoms with Crippen molar-refractivity contribution < 1.29 is 18.7 Å². The van der Waals surface area contributed by atoms with Crippen LogP contribution in [0.1, 0.15) is 6.42 Å². The molecule has 2 aliphatic rings. The minimum atomic E-state index is -0.249. The predicted molar refractivity (Wildman–Crippen MR) is 123 cm³/mol. The predicted octanol–water partition coefficient (Wildman–Crippen LogP) is 3.62. The highest BCUT2D eigenvalue weighted by atomic mass is 32.2. The molecule has 1 N–H and O–H groups in total. The first-order valence-corrected chi connectivity index (χ1v) is 11.7. The number of thioether (sulfide) groups is 1. The molecule has 0 radical (unpaired) electrons. The fourth-order valence-electron chi connectivity index (χ4n) is 3.74. The van der Waals surface area contributed by atoms with E-state index >= 15 is 0 Å². The SMILES string of the molecule is O=C(CCSc1ccccc1F)Nc1ccc(N2CCOCC2)cc1N1CCOCC1. The van der Waals surface area contributed by atoms with Gasteiger partial charge in [0, 0.05) is 48.9 Å². The third kappa shape index (κ3) is 5.90. The Morgan fingerprint density at radius 2 is 1.65 bits per heavy atom. The summed E-state index contributed by atoms with van der Waals surface area (Å²) in [6, 6.07) is 12.8. The summed E-state index contributed by atoms with van der Waals surface area (Å²) in [6.45, 7) is 6.11. The first-order chi connectivity index (χ1) is 15.2. The molecule has 4 rings (SSSR count). The van der Waals surface area contributed by atoms with Gasteiger partial charge < -0.3 is 24.6 Å².